The number of unbranched alkanes of at least 4 members (excludes halogenated alkanes) is 4. The standard InChI is InChI=1S/C32H46O4/c1-3-5-7-10-26-12-14-27(15-13-26)11-9-25-35-30-20-22-31(23-21-30)36-32(33)28-16-18-29(19-17-28)34-24-8-6-4-2/h16-23,26-27H,3-15,24-25H2,1-2H3. The minimum absolute atomic E-state index is 0.374. The minimum Gasteiger partial charge on any atom is -0.494 e. The molecule has 198 valence electrons. The highest BCUT2D eigenvalue weighted by Crippen LogP contribution is 2.34. The van der Waals surface area contributed by atoms with E-state index in [9.17, 15) is 4.79 Å². The van der Waals surface area contributed by atoms with Gasteiger partial charge in [0.05, 0.1) is 18.8 Å². The zero-order valence-electron chi connectivity index (χ0n) is 22.5. The molecule has 0 spiro atoms. The number of hydrogen-bond donors (Lipinski definition) is 0. The topological polar surface area (TPSA) is 44.8 Å². The molecule has 1 aliphatic carbocycles. The van der Waals surface area contributed by atoms with Crippen LogP contribution < -0.4 is 14.2 Å². The summed E-state index contributed by atoms with van der Waals surface area (Å²) in [5, 5.41) is 0. The summed E-state index contributed by atoms with van der Waals surface area (Å²) >= 11 is 0. The van der Waals surface area contributed by atoms with E-state index in [0.29, 0.717) is 17.9 Å². The molecule has 2 aromatic carbocycles. The third kappa shape index (κ3) is 10.2. The second kappa shape index (κ2) is 16.3. The van der Waals surface area contributed by atoms with Crippen LogP contribution in [0.3, 0.4) is 0 Å². The number of carbonyl (C=O) groups excluding carboxylic acids is 1. The van der Waals surface area contributed by atoms with Crippen LogP contribution in [0.25, 0.3) is 0 Å². The average Bonchev–Trinajstić information content (AvgIpc) is 2.91. The summed E-state index contributed by atoms with van der Waals surface area (Å²) in [5.41, 5.74) is 0.506. The van der Waals surface area contributed by atoms with E-state index in [-0.39, 0.29) is 5.97 Å². The van der Waals surface area contributed by atoms with Crippen LogP contribution in [0.15, 0.2) is 48.5 Å². The summed E-state index contributed by atoms with van der Waals surface area (Å²) in [6, 6.07) is 14.4. The molecule has 0 bridgehead atoms. The molecule has 36 heavy (non-hydrogen) atoms. The van der Waals surface area contributed by atoms with Gasteiger partial charge in [0, 0.05) is 0 Å². The number of rotatable bonds is 16. The molecule has 4 nitrogen and oxygen atoms in total. The maximum Gasteiger partial charge on any atom is 0.343 e. The van der Waals surface area contributed by atoms with Gasteiger partial charge in [-0.2, -0.15) is 0 Å². The molecule has 1 saturated carbocycles. The van der Waals surface area contributed by atoms with Gasteiger partial charge in [0.2, 0.25) is 0 Å². The van der Waals surface area contributed by atoms with E-state index in [4.69, 9.17) is 14.2 Å². The maximum absolute atomic E-state index is 12.5. The van der Waals surface area contributed by atoms with E-state index in [1.807, 2.05) is 24.3 Å². The first-order chi connectivity index (χ1) is 17.7. The Balaban J connectivity index is 1.30. The molecule has 1 aliphatic rings. The predicted molar refractivity (Wildman–Crippen MR) is 147 cm³/mol. The normalized spacial score (nSPS) is 17.5. The van der Waals surface area contributed by atoms with Crippen LogP contribution in [-0.4, -0.2) is 19.2 Å². The average molecular weight is 495 g/mol. The number of ether oxygens (including phenoxy) is 3. The molecule has 4 heteroatoms. The van der Waals surface area contributed by atoms with Crippen molar-refractivity contribution in [3.63, 3.8) is 0 Å². The van der Waals surface area contributed by atoms with Crippen molar-refractivity contribution < 1.29 is 19.0 Å². The third-order valence-electron chi connectivity index (χ3n) is 7.35. The van der Waals surface area contributed by atoms with E-state index in [1.165, 1.54) is 64.2 Å². The number of esters is 1. The monoisotopic (exact) mass is 494 g/mol. The Labute approximate surface area is 218 Å². The van der Waals surface area contributed by atoms with Crippen molar-refractivity contribution in [1.82, 2.24) is 0 Å². The molecule has 0 saturated heterocycles. The van der Waals surface area contributed by atoms with E-state index in [2.05, 4.69) is 13.8 Å². The fourth-order valence-electron chi connectivity index (χ4n) is 5.05. The lowest BCUT2D eigenvalue weighted by molar-refractivity contribution is 0.0734. The van der Waals surface area contributed by atoms with Crippen LogP contribution in [0.2, 0.25) is 0 Å². The Morgan fingerprint density at radius 1 is 0.639 bits per heavy atom. The molecule has 0 heterocycles. The molecule has 0 aromatic heterocycles. The van der Waals surface area contributed by atoms with Crippen LogP contribution in [-0.2, 0) is 0 Å². The lowest BCUT2D eigenvalue weighted by Crippen LogP contribution is -2.15. The van der Waals surface area contributed by atoms with Crippen LogP contribution in [0.4, 0.5) is 0 Å². The Bertz CT molecular complexity index is 851. The minimum atomic E-state index is -0.374. The fraction of sp³-hybridized carbons (Fsp3) is 0.594. The number of hydrogen-bond acceptors (Lipinski definition) is 4. The first kappa shape index (κ1) is 28.1. The quantitative estimate of drug-likeness (QED) is 0.133. The first-order valence-corrected chi connectivity index (χ1v) is 14.4. The van der Waals surface area contributed by atoms with Crippen LogP contribution in [0.1, 0.15) is 108 Å². The SMILES string of the molecule is CCCCCOc1ccc(C(=O)Oc2ccc(OCCCC3CCC(CCCCC)CC3)cc2)cc1. The van der Waals surface area contributed by atoms with Crippen LogP contribution >= 0.6 is 0 Å². The zero-order valence-corrected chi connectivity index (χ0v) is 22.5. The molecule has 0 N–H and O–H groups in total. The molecule has 0 aliphatic heterocycles. The van der Waals surface area contributed by atoms with Gasteiger partial charge in [-0.1, -0.05) is 78.1 Å². The van der Waals surface area contributed by atoms with Crippen LogP contribution in [0.5, 0.6) is 17.2 Å². The Morgan fingerprint density at radius 3 is 1.69 bits per heavy atom. The van der Waals surface area contributed by atoms with Gasteiger partial charge in [0.15, 0.2) is 0 Å². The lowest BCUT2D eigenvalue weighted by Gasteiger charge is -2.28. The van der Waals surface area contributed by atoms with Crippen molar-refractivity contribution in [3.05, 3.63) is 54.1 Å². The Hall–Kier alpha value is -2.49. The summed E-state index contributed by atoms with van der Waals surface area (Å²) in [6.07, 6.45) is 16.9. The number of carbonyl (C=O) groups is 1. The van der Waals surface area contributed by atoms with E-state index < -0.39 is 0 Å². The predicted octanol–water partition coefficient (Wildman–Crippen LogP) is 9.02. The maximum atomic E-state index is 12.5. The van der Waals surface area contributed by atoms with E-state index >= 15 is 0 Å². The molecule has 1 fully saturated rings. The van der Waals surface area contributed by atoms with Gasteiger partial charge in [0.25, 0.3) is 0 Å². The molecule has 0 unspecified atom stereocenters. The first-order valence-electron chi connectivity index (χ1n) is 14.4. The summed E-state index contributed by atoms with van der Waals surface area (Å²) < 4.78 is 17.2. The number of benzene rings is 2. The van der Waals surface area contributed by atoms with Crippen LogP contribution in [0, 0.1) is 11.8 Å². The van der Waals surface area contributed by atoms with Crippen molar-refractivity contribution >= 4 is 5.97 Å². The van der Waals surface area contributed by atoms with E-state index in [0.717, 1.165) is 49.2 Å². The summed E-state index contributed by atoms with van der Waals surface area (Å²) in [7, 11) is 0. The van der Waals surface area contributed by atoms with Gasteiger partial charge in [-0.05, 0) is 79.6 Å². The van der Waals surface area contributed by atoms with Crippen molar-refractivity contribution in [2.45, 2.75) is 97.3 Å². The molecule has 3 rings (SSSR count). The lowest BCUT2D eigenvalue weighted by atomic mass is 9.78. The highest BCUT2D eigenvalue weighted by molar-refractivity contribution is 5.91. The van der Waals surface area contributed by atoms with Gasteiger partial charge in [-0.3, -0.25) is 0 Å². The molecule has 0 radical (unpaired) electrons. The second-order valence-electron chi connectivity index (χ2n) is 10.3. The van der Waals surface area contributed by atoms with Crippen molar-refractivity contribution in [1.29, 1.82) is 0 Å². The molecular weight excluding hydrogens is 448 g/mol. The molecule has 2 aromatic rings. The Morgan fingerprint density at radius 2 is 1.11 bits per heavy atom. The van der Waals surface area contributed by atoms with Gasteiger partial charge in [-0.15, -0.1) is 0 Å². The van der Waals surface area contributed by atoms with E-state index in [1.54, 1.807) is 24.3 Å². The van der Waals surface area contributed by atoms with Crippen molar-refractivity contribution in [2.75, 3.05) is 13.2 Å². The summed E-state index contributed by atoms with van der Waals surface area (Å²) in [5.74, 6) is 3.59. The highest BCUT2D eigenvalue weighted by atomic mass is 16.5. The molecular formula is C32H46O4. The van der Waals surface area contributed by atoms with Gasteiger partial charge < -0.3 is 14.2 Å². The van der Waals surface area contributed by atoms with Crippen molar-refractivity contribution in [2.24, 2.45) is 11.8 Å². The smallest absolute Gasteiger partial charge is 0.343 e. The third-order valence-corrected chi connectivity index (χ3v) is 7.35. The Kier molecular flexibility index (Phi) is 12.7. The van der Waals surface area contributed by atoms with Crippen molar-refractivity contribution in [3.8, 4) is 17.2 Å². The summed E-state index contributed by atoms with van der Waals surface area (Å²) in [4.78, 5) is 12.5. The summed E-state index contributed by atoms with van der Waals surface area (Å²) in [6.45, 7) is 5.90. The largest absolute Gasteiger partial charge is 0.494 e. The molecule has 0 amide bonds. The second-order valence-corrected chi connectivity index (χ2v) is 10.3. The highest BCUT2D eigenvalue weighted by Gasteiger charge is 2.20. The van der Waals surface area contributed by atoms with Gasteiger partial charge in [-0.25, -0.2) is 4.79 Å². The van der Waals surface area contributed by atoms with Gasteiger partial charge >= 0.3 is 5.97 Å². The zero-order chi connectivity index (χ0) is 25.4. The molecule has 0 atom stereocenters. The fourth-order valence-corrected chi connectivity index (χ4v) is 5.05. The van der Waals surface area contributed by atoms with Gasteiger partial charge in [0.1, 0.15) is 17.2 Å².